The van der Waals surface area contributed by atoms with E-state index in [2.05, 4.69) is 10.3 Å². The Kier molecular flexibility index (Phi) is 5.98. The van der Waals surface area contributed by atoms with Gasteiger partial charge in [0.15, 0.2) is 0 Å². The maximum absolute atomic E-state index is 12.3. The van der Waals surface area contributed by atoms with Gasteiger partial charge in [-0.25, -0.2) is 4.79 Å². The van der Waals surface area contributed by atoms with E-state index < -0.39 is 5.60 Å². The zero-order chi connectivity index (χ0) is 19.4. The largest absolute Gasteiger partial charge is 0.456 e. The van der Waals surface area contributed by atoms with E-state index in [4.69, 9.17) is 4.74 Å². The van der Waals surface area contributed by atoms with E-state index in [1.807, 2.05) is 56.8 Å². The van der Waals surface area contributed by atoms with Crippen molar-refractivity contribution >= 4 is 5.97 Å². The predicted octanol–water partition coefficient (Wildman–Crippen LogP) is 4.60. The van der Waals surface area contributed by atoms with Gasteiger partial charge < -0.3 is 4.74 Å². The molecule has 5 heteroatoms. The highest BCUT2D eigenvalue weighted by Gasteiger charge is 2.24. The minimum atomic E-state index is -0.434. The minimum Gasteiger partial charge on any atom is -0.456 e. The number of carbonyl (C=O) groups is 1. The molecule has 0 N–H and O–H groups in total. The molecule has 1 aromatic heterocycles. The zero-order valence-corrected chi connectivity index (χ0v) is 17.0. The van der Waals surface area contributed by atoms with Crippen LogP contribution in [0.15, 0.2) is 24.3 Å². The fourth-order valence-corrected chi connectivity index (χ4v) is 3.64. The number of aromatic nitrogens is 3. The fourth-order valence-electron chi connectivity index (χ4n) is 3.64. The first-order valence-electron chi connectivity index (χ1n) is 10.1. The van der Waals surface area contributed by atoms with E-state index >= 15 is 0 Å². The molecular formula is C22H31N3O2. The fraction of sp³-hybridized carbons (Fsp3) is 0.591. The predicted molar refractivity (Wildman–Crippen MR) is 106 cm³/mol. The average molecular weight is 370 g/mol. The Morgan fingerprint density at radius 1 is 1.22 bits per heavy atom. The van der Waals surface area contributed by atoms with Gasteiger partial charge in [-0.05, 0) is 63.6 Å². The van der Waals surface area contributed by atoms with Crippen LogP contribution in [0.2, 0.25) is 0 Å². The lowest BCUT2D eigenvalue weighted by Gasteiger charge is -2.23. The Morgan fingerprint density at radius 2 is 1.96 bits per heavy atom. The van der Waals surface area contributed by atoms with E-state index in [-0.39, 0.29) is 5.97 Å². The highest BCUT2D eigenvalue weighted by atomic mass is 16.6. The van der Waals surface area contributed by atoms with Crippen LogP contribution in [0.5, 0.6) is 0 Å². The Bertz CT molecular complexity index is 777. The Morgan fingerprint density at radius 3 is 2.67 bits per heavy atom. The van der Waals surface area contributed by atoms with Crippen LogP contribution in [-0.4, -0.2) is 26.6 Å². The highest BCUT2D eigenvalue weighted by molar-refractivity contribution is 5.89. The summed E-state index contributed by atoms with van der Waals surface area (Å²) in [6, 6.07) is 7.85. The van der Waals surface area contributed by atoms with Crippen LogP contribution in [0.1, 0.15) is 86.1 Å². The van der Waals surface area contributed by atoms with Gasteiger partial charge in [0.05, 0.1) is 17.0 Å². The number of rotatable bonds is 5. The summed E-state index contributed by atoms with van der Waals surface area (Å²) in [6.45, 7) is 5.89. The van der Waals surface area contributed by atoms with Crippen LogP contribution in [0, 0.1) is 0 Å². The van der Waals surface area contributed by atoms with Crippen molar-refractivity contribution in [1.29, 1.82) is 0 Å². The van der Waals surface area contributed by atoms with Crippen molar-refractivity contribution in [2.24, 2.45) is 7.05 Å². The first kappa shape index (κ1) is 19.6. The monoisotopic (exact) mass is 369 g/mol. The van der Waals surface area contributed by atoms with Crippen LogP contribution in [0.3, 0.4) is 0 Å². The number of hydrogen-bond donors (Lipinski definition) is 0. The second kappa shape index (κ2) is 8.24. The molecule has 1 heterocycles. The maximum Gasteiger partial charge on any atom is 0.338 e. The second-order valence-electron chi connectivity index (χ2n) is 8.25. The van der Waals surface area contributed by atoms with Gasteiger partial charge in [0.25, 0.3) is 0 Å². The molecule has 1 aromatic carbocycles. The van der Waals surface area contributed by atoms with Gasteiger partial charge in [0.1, 0.15) is 5.60 Å². The average Bonchev–Trinajstić information content (AvgIpc) is 2.98. The van der Waals surface area contributed by atoms with Gasteiger partial charge >= 0.3 is 5.97 Å². The molecule has 27 heavy (non-hydrogen) atoms. The van der Waals surface area contributed by atoms with Gasteiger partial charge in [-0.3, -0.25) is 4.68 Å². The summed E-state index contributed by atoms with van der Waals surface area (Å²) >= 11 is 0. The normalized spacial score (nSPS) is 17.7. The molecule has 1 atom stereocenters. The second-order valence-corrected chi connectivity index (χ2v) is 8.25. The summed E-state index contributed by atoms with van der Waals surface area (Å²) in [7, 11) is 1.99. The zero-order valence-electron chi connectivity index (χ0n) is 17.0. The lowest BCUT2D eigenvalue weighted by molar-refractivity contribution is -0.00243. The van der Waals surface area contributed by atoms with E-state index in [0.29, 0.717) is 11.5 Å². The molecule has 1 unspecified atom stereocenters. The van der Waals surface area contributed by atoms with Crippen molar-refractivity contribution in [3.63, 3.8) is 0 Å². The molecule has 0 radical (unpaired) electrons. The standard InChI is InChI=1S/C22H31N3O2/c1-5-22(2,3)27-21(26)17-13-11-16(12-14-17)15-18-9-7-6-8-10-19-20(18)23-24-25(19)4/h11-14,18H,5-10,15H2,1-4H3. The van der Waals surface area contributed by atoms with Crippen molar-refractivity contribution in [3.8, 4) is 0 Å². The first-order chi connectivity index (χ1) is 12.9. The Hall–Kier alpha value is -2.17. The lowest BCUT2D eigenvalue weighted by atomic mass is 9.87. The molecule has 0 saturated carbocycles. The van der Waals surface area contributed by atoms with E-state index in [9.17, 15) is 4.79 Å². The van der Waals surface area contributed by atoms with Crippen LogP contribution in [-0.2, 0) is 24.6 Å². The van der Waals surface area contributed by atoms with Crippen LogP contribution in [0.4, 0.5) is 0 Å². The molecule has 146 valence electrons. The molecule has 1 aliphatic rings. The topological polar surface area (TPSA) is 57.0 Å². The van der Waals surface area contributed by atoms with Crippen molar-refractivity contribution in [1.82, 2.24) is 15.0 Å². The number of esters is 1. The molecule has 1 aliphatic carbocycles. The summed E-state index contributed by atoms with van der Waals surface area (Å²) in [5.74, 6) is 0.140. The van der Waals surface area contributed by atoms with Gasteiger partial charge in [0.2, 0.25) is 0 Å². The quantitative estimate of drug-likeness (QED) is 0.723. The Balaban J connectivity index is 1.72. The summed E-state index contributed by atoms with van der Waals surface area (Å²) in [6.07, 6.45) is 7.63. The van der Waals surface area contributed by atoms with Crippen LogP contribution >= 0.6 is 0 Å². The molecule has 0 saturated heterocycles. The third-order valence-corrected chi connectivity index (χ3v) is 5.72. The molecular weight excluding hydrogens is 338 g/mol. The van der Waals surface area contributed by atoms with Crippen LogP contribution in [0.25, 0.3) is 0 Å². The number of benzene rings is 1. The maximum atomic E-state index is 12.3. The first-order valence-corrected chi connectivity index (χ1v) is 10.1. The molecule has 0 aliphatic heterocycles. The minimum absolute atomic E-state index is 0.254. The van der Waals surface area contributed by atoms with Gasteiger partial charge in [-0.1, -0.05) is 37.1 Å². The number of carbonyl (C=O) groups excluding carboxylic acids is 1. The number of fused-ring (bicyclic) bond motifs is 1. The number of ether oxygens (including phenoxy) is 1. The van der Waals surface area contributed by atoms with Crippen LogP contribution < -0.4 is 0 Å². The molecule has 0 bridgehead atoms. The van der Waals surface area contributed by atoms with E-state index in [1.54, 1.807) is 0 Å². The number of nitrogens with zero attached hydrogens (tertiary/aromatic N) is 3. The lowest BCUT2D eigenvalue weighted by Crippen LogP contribution is -2.27. The highest BCUT2D eigenvalue weighted by Crippen LogP contribution is 2.31. The third-order valence-electron chi connectivity index (χ3n) is 5.72. The van der Waals surface area contributed by atoms with Gasteiger partial charge in [-0.2, -0.15) is 0 Å². The SMILES string of the molecule is CCC(C)(C)OC(=O)c1ccc(CC2CCCCCc3c2nnn3C)cc1. The van der Waals surface area contributed by atoms with E-state index in [0.717, 1.165) is 31.4 Å². The molecule has 0 amide bonds. The smallest absolute Gasteiger partial charge is 0.338 e. The number of hydrogen-bond acceptors (Lipinski definition) is 4. The van der Waals surface area contributed by atoms with Crippen molar-refractivity contribution in [2.45, 2.75) is 77.2 Å². The van der Waals surface area contributed by atoms with Crippen molar-refractivity contribution < 1.29 is 9.53 Å². The molecule has 3 rings (SSSR count). The molecule has 5 nitrogen and oxygen atoms in total. The summed E-state index contributed by atoms with van der Waals surface area (Å²) in [4.78, 5) is 12.3. The Labute approximate surface area is 162 Å². The van der Waals surface area contributed by atoms with E-state index in [1.165, 1.54) is 30.5 Å². The number of aryl methyl sites for hydroxylation is 1. The molecule has 0 spiro atoms. The summed E-state index contributed by atoms with van der Waals surface area (Å²) < 4.78 is 7.52. The van der Waals surface area contributed by atoms with Crippen molar-refractivity contribution in [2.75, 3.05) is 0 Å². The third kappa shape index (κ3) is 4.76. The molecule has 0 fully saturated rings. The van der Waals surface area contributed by atoms with Gasteiger partial charge in [-0.15, -0.1) is 5.10 Å². The van der Waals surface area contributed by atoms with Gasteiger partial charge in [0, 0.05) is 13.0 Å². The summed E-state index contributed by atoms with van der Waals surface area (Å²) in [5, 5.41) is 8.73. The van der Waals surface area contributed by atoms with Crippen molar-refractivity contribution in [3.05, 3.63) is 46.8 Å². The summed E-state index contributed by atoms with van der Waals surface area (Å²) in [5.41, 5.74) is 3.84. The molecule has 2 aromatic rings.